The van der Waals surface area contributed by atoms with Crippen molar-refractivity contribution in [1.29, 1.82) is 0 Å². The van der Waals surface area contributed by atoms with Gasteiger partial charge in [0.1, 0.15) is 5.82 Å². The summed E-state index contributed by atoms with van der Waals surface area (Å²) in [6, 6.07) is 15.8. The number of hydrogen-bond acceptors (Lipinski definition) is 3. The van der Waals surface area contributed by atoms with Crippen LogP contribution in [0.1, 0.15) is 17.0 Å². The first-order valence-corrected chi connectivity index (χ1v) is 9.63. The van der Waals surface area contributed by atoms with Crippen molar-refractivity contribution in [3.63, 3.8) is 0 Å². The third-order valence-electron chi connectivity index (χ3n) is 4.90. The number of benzene rings is 3. The lowest BCUT2D eigenvalue weighted by Gasteiger charge is -2.18. The number of halogens is 6. The molecule has 0 aliphatic carbocycles. The molecule has 0 amide bonds. The smallest absolute Gasteiger partial charge is 0.378 e. The Kier molecular flexibility index (Phi) is 5.61. The van der Waals surface area contributed by atoms with Crippen molar-refractivity contribution in [2.75, 3.05) is 5.32 Å². The standard InChI is InChI=1S/C23H15F6N3O/c24-22(25,26)14-10-15(23(27,28)29)12-17(11-14)32-20(13-30-16-6-2-1-3-7-16)31-19-9-5-4-8-18(19)21(32)33/h1-12,30H,13H2. The van der Waals surface area contributed by atoms with Gasteiger partial charge in [-0.1, -0.05) is 30.3 Å². The Hall–Kier alpha value is -3.82. The number of hydrogen-bond donors (Lipinski definition) is 1. The molecule has 3 aromatic carbocycles. The largest absolute Gasteiger partial charge is 0.416 e. The van der Waals surface area contributed by atoms with E-state index < -0.39 is 34.7 Å². The Morgan fingerprint density at radius 3 is 1.97 bits per heavy atom. The summed E-state index contributed by atoms with van der Waals surface area (Å²) < 4.78 is 81.1. The topological polar surface area (TPSA) is 46.9 Å². The maximum atomic E-state index is 13.4. The highest BCUT2D eigenvalue weighted by atomic mass is 19.4. The van der Waals surface area contributed by atoms with E-state index in [-0.39, 0.29) is 29.3 Å². The van der Waals surface area contributed by atoms with E-state index in [1.165, 1.54) is 12.1 Å². The number of anilines is 1. The molecule has 0 spiro atoms. The van der Waals surface area contributed by atoms with Gasteiger partial charge in [0, 0.05) is 5.69 Å². The van der Waals surface area contributed by atoms with Crippen molar-refractivity contribution in [2.45, 2.75) is 18.9 Å². The molecule has 1 heterocycles. The van der Waals surface area contributed by atoms with Crippen molar-refractivity contribution in [3.05, 3.63) is 100 Å². The average Bonchev–Trinajstić information content (AvgIpc) is 2.77. The Morgan fingerprint density at radius 1 is 0.788 bits per heavy atom. The van der Waals surface area contributed by atoms with Gasteiger partial charge >= 0.3 is 12.4 Å². The van der Waals surface area contributed by atoms with Gasteiger partial charge in [-0.25, -0.2) is 4.98 Å². The summed E-state index contributed by atoms with van der Waals surface area (Å²) in [6.45, 7) is -0.123. The highest BCUT2D eigenvalue weighted by Gasteiger charge is 2.37. The van der Waals surface area contributed by atoms with Crippen LogP contribution in [0.4, 0.5) is 32.0 Å². The van der Waals surface area contributed by atoms with E-state index in [9.17, 15) is 31.1 Å². The molecule has 0 bridgehead atoms. The van der Waals surface area contributed by atoms with E-state index in [0.717, 1.165) is 4.57 Å². The zero-order valence-corrected chi connectivity index (χ0v) is 16.7. The van der Waals surface area contributed by atoms with Crippen LogP contribution in [-0.4, -0.2) is 9.55 Å². The fourth-order valence-corrected chi connectivity index (χ4v) is 3.37. The molecule has 4 rings (SSSR count). The van der Waals surface area contributed by atoms with Crippen molar-refractivity contribution in [3.8, 4) is 5.69 Å². The van der Waals surface area contributed by atoms with Crippen molar-refractivity contribution in [1.82, 2.24) is 9.55 Å². The Bertz CT molecular complexity index is 1330. The molecule has 0 aliphatic rings. The normalized spacial score (nSPS) is 12.2. The van der Waals surface area contributed by atoms with E-state index in [0.29, 0.717) is 17.8 Å². The molecule has 1 N–H and O–H groups in total. The van der Waals surface area contributed by atoms with E-state index >= 15 is 0 Å². The molecule has 1 aromatic heterocycles. The first-order valence-electron chi connectivity index (χ1n) is 9.63. The third-order valence-corrected chi connectivity index (χ3v) is 4.90. The lowest BCUT2D eigenvalue weighted by molar-refractivity contribution is -0.143. The van der Waals surface area contributed by atoms with Crippen molar-refractivity contribution < 1.29 is 26.3 Å². The quantitative estimate of drug-likeness (QED) is 0.376. The molecule has 0 unspecified atom stereocenters. The highest BCUT2D eigenvalue weighted by Crippen LogP contribution is 2.37. The molecule has 0 aliphatic heterocycles. The highest BCUT2D eigenvalue weighted by molar-refractivity contribution is 5.78. The van der Waals surface area contributed by atoms with Gasteiger partial charge < -0.3 is 5.32 Å². The minimum atomic E-state index is -5.05. The summed E-state index contributed by atoms with van der Waals surface area (Å²) in [4.78, 5) is 17.6. The first kappa shape index (κ1) is 22.4. The lowest BCUT2D eigenvalue weighted by atomic mass is 10.1. The van der Waals surface area contributed by atoms with Crippen LogP contribution in [0.15, 0.2) is 77.6 Å². The van der Waals surface area contributed by atoms with Gasteiger partial charge in [-0.3, -0.25) is 9.36 Å². The number of nitrogens with zero attached hydrogens (tertiary/aromatic N) is 2. The van der Waals surface area contributed by atoms with E-state index in [4.69, 9.17) is 0 Å². The Labute approximate surface area is 183 Å². The maximum absolute atomic E-state index is 13.4. The van der Waals surface area contributed by atoms with E-state index in [1.54, 1.807) is 42.5 Å². The summed E-state index contributed by atoms with van der Waals surface area (Å²) in [6.07, 6.45) is -10.1. The van der Waals surface area contributed by atoms with Crippen LogP contribution in [0.25, 0.3) is 16.6 Å². The van der Waals surface area contributed by atoms with Crippen LogP contribution in [0.5, 0.6) is 0 Å². The van der Waals surface area contributed by atoms with Crippen LogP contribution >= 0.6 is 0 Å². The van der Waals surface area contributed by atoms with Gasteiger partial charge in [0.25, 0.3) is 5.56 Å². The van der Waals surface area contributed by atoms with Gasteiger partial charge in [-0.2, -0.15) is 26.3 Å². The van der Waals surface area contributed by atoms with Crippen LogP contribution < -0.4 is 10.9 Å². The Balaban J connectivity index is 1.96. The van der Waals surface area contributed by atoms with Crippen LogP contribution in [0.2, 0.25) is 0 Å². The minimum Gasteiger partial charge on any atom is -0.378 e. The molecule has 10 heteroatoms. The molecule has 4 aromatic rings. The molecule has 0 atom stereocenters. The monoisotopic (exact) mass is 463 g/mol. The van der Waals surface area contributed by atoms with Gasteiger partial charge in [0.15, 0.2) is 0 Å². The van der Waals surface area contributed by atoms with Crippen LogP contribution in [0.3, 0.4) is 0 Å². The van der Waals surface area contributed by atoms with E-state index in [2.05, 4.69) is 10.3 Å². The minimum absolute atomic E-state index is 0.0188. The molecular weight excluding hydrogens is 448 g/mol. The second kappa shape index (κ2) is 8.27. The predicted octanol–water partition coefficient (Wildman–Crippen LogP) is 6.04. The number of nitrogens with one attached hydrogen (secondary N) is 1. The fraction of sp³-hybridized carbons (Fsp3) is 0.130. The molecule has 0 fully saturated rings. The molecule has 0 saturated carbocycles. The molecular formula is C23H15F6N3O. The molecule has 4 nitrogen and oxygen atoms in total. The summed E-state index contributed by atoms with van der Waals surface area (Å²) in [5, 5.41) is 3.05. The fourth-order valence-electron chi connectivity index (χ4n) is 3.37. The molecule has 0 saturated heterocycles. The van der Waals surface area contributed by atoms with Crippen molar-refractivity contribution >= 4 is 16.6 Å². The lowest BCUT2D eigenvalue weighted by Crippen LogP contribution is -2.26. The van der Waals surface area contributed by atoms with Gasteiger partial charge in [-0.15, -0.1) is 0 Å². The molecule has 0 radical (unpaired) electrons. The number of fused-ring (bicyclic) bond motifs is 1. The number of alkyl halides is 6. The number of para-hydroxylation sites is 2. The number of rotatable bonds is 4. The summed E-state index contributed by atoms with van der Waals surface area (Å²) in [7, 11) is 0. The van der Waals surface area contributed by atoms with Crippen molar-refractivity contribution in [2.24, 2.45) is 0 Å². The third kappa shape index (κ3) is 4.69. The molecule has 170 valence electrons. The van der Waals surface area contributed by atoms with E-state index in [1.807, 2.05) is 0 Å². The Morgan fingerprint density at radius 2 is 1.36 bits per heavy atom. The number of aromatic nitrogens is 2. The average molecular weight is 463 g/mol. The van der Waals surface area contributed by atoms with Crippen LogP contribution in [0, 0.1) is 0 Å². The zero-order chi connectivity index (χ0) is 23.8. The summed E-state index contributed by atoms with van der Waals surface area (Å²) in [5.41, 5.74) is -3.50. The van der Waals surface area contributed by atoms with Gasteiger partial charge in [0.05, 0.1) is 34.3 Å². The first-order chi connectivity index (χ1) is 15.5. The SMILES string of the molecule is O=c1c2ccccc2nc(CNc2ccccc2)n1-c1cc(C(F)(F)F)cc(C(F)(F)F)c1. The van der Waals surface area contributed by atoms with Gasteiger partial charge in [-0.05, 0) is 42.5 Å². The van der Waals surface area contributed by atoms with Gasteiger partial charge in [0.2, 0.25) is 0 Å². The summed E-state index contributed by atoms with van der Waals surface area (Å²) >= 11 is 0. The zero-order valence-electron chi connectivity index (χ0n) is 16.7. The second-order valence-corrected chi connectivity index (χ2v) is 7.17. The maximum Gasteiger partial charge on any atom is 0.416 e. The summed E-state index contributed by atoms with van der Waals surface area (Å²) in [5.74, 6) is -0.0463. The second-order valence-electron chi connectivity index (χ2n) is 7.17. The molecule has 33 heavy (non-hydrogen) atoms. The van der Waals surface area contributed by atoms with Crippen LogP contribution in [-0.2, 0) is 18.9 Å². The predicted molar refractivity (Wildman–Crippen MR) is 111 cm³/mol.